The lowest BCUT2D eigenvalue weighted by atomic mass is 10.0. The normalized spacial score (nSPS) is 12.6. The van der Waals surface area contributed by atoms with Crippen molar-refractivity contribution in [2.24, 2.45) is 0 Å². The topological polar surface area (TPSA) is 21.3 Å². The molecule has 1 atom stereocenters. The minimum absolute atomic E-state index is 0.164. The Labute approximate surface area is 122 Å². The second kappa shape index (κ2) is 10.8. The molecule has 114 valence electrons. The van der Waals surface area contributed by atoms with Crippen LogP contribution in [0, 0.1) is 5.82 Å². The summed E-state index contributed by atoms with van der Waals surface area (Å²) in [6.45, 7) is 4.05. The third-order valence-electron chi connectivity index (χ3n) is 3.53. The molecule has 0 amide bonds. The van der Waals surface area contributed by atoms with Gasteiger partial charge in [0, 0.05) is 19.8 Å². The van der Waals surface area contributed by atoms with E-state index in [4.69, 9.17) is 4.74 Å². The first-order chi connectivity index (χ1) is 9.77. The van der Waals surface area contributed by atoms with Crippen LogP contribution < -0.4 is 5.32 Å². The summed E-state index contributed by atoms with van der Waals surface area (Å²) in [5.41, 5.74) is 1.19. The van der Waals surface area contributed by atoms with Crippen LogP contribution in [0.4, 0.5) is 4.39 Å². The van der Waals surface area contributed by atoms with E-state index in [-0.39, 0.29) is 5.82 Å². The lowest BCUT2D eigenvalue weighted by molar-refractivity contribution is 0.192. The molecular formula is C17H28FNO. The van der Waals surface area contributed by atoms with Crippen LogP contribution in [-0.4, -0.2) is 20.3 Å². The molecule has 0 aliphatic rings. The number of unbranched alkanes of at least 4 members (excludes halogenated alkanes) is 3. The molecule has 0 fully saturated rings. The van der Waals surface area contributed by atoms with Crippen LogP contribution in [0.5, 0.6) is 0 Å². The number of ether oxygens (including phenoxy) is 1. The van der Waals surface area contributed by atoms with Crippen LogP contribution in [0.3, 0.4) is 0 Å². The molecule has 0 heterocycles. The molecule has 0 saturated heterocycles. The molecule has 3 heteroatoms. The summed E-state index contributed by atoms with van der Waals surface area (Å²) in [6, 6.07) is 7.24. The van der Waals surface area contributed by atoms with Crippen molar-refractivity contribution in [3.05, 3.63) is 35.6 Å². The molecule has 1 N–H and O–H groups in total. The zero-order chi connectivity index (χ0) is 14.6. The fraction of sp³-hybridized carbons (Fsp3) is 0.647. The van der Waals surface area contributed by atoms with Gasteiger partial charge in [-0.25, -0.2) is 4.39 Å². The molecule has 1 unspecified atom stereocenters. The van der Waals surface area contributed by atoms with Gasteiger partial charge in [0.2, 0.25) is 0 Å². The fourth-order valence-corrected chi connectivity index (χ4v) is 2.31. The number of hydrogen-bond acceptors (Lipinski definition) is 2. The molecule has 2 nitrogen and oxygen atoms in total. The number of rotatable bonds is 11. The van der Waals surface area contributed by atoms with E-state index >= 15 is 0 Å². The van der Waals surface area contributed by atoms with Gasteiger partial charge in [0.05, 0.1) is 0 Å². The van der Waals surface area contributed by atoms with Crippen molar-refractivity contribution in [1.29, 1.82) is 0 Å². The fourth-order valence-electron chi connectivity index (χ4n) is 2.31. The maximum absolute atomic E-state index is 13.0. The van der Waals surface area contributed by atoms with Gasteiger partial charge in [0.25, 0.3) is 0 Å². The maximum Gasteiger partial charge on any atom is 0.123 e. The third-order valence-corrected chi connectivity index (χ3v) is 3.53. The van der Waals surface area contributed by atoms with Crippen molar-refractivity contribution < 1.29 is 9.13 Å². The first-order valence-electron chi connectivity index (χ1n) is 7.75. The average Bonchev–Trinajstić information content (AvgIpc) is 2.47. The molecule has 1 aromatic rings. The SMILES string of the molecule is CCCCC(NCCCCCOC)c1ccc(F)cc1. The zero-order valence-corrected chi connectivity index (χ0v) is 12.8. The lowest BCUT2D eigenvalue weighted by Gasteiger charge is -2.19. The van der Waals surface area contributed by atoms with Crippen molar-refractivity contribution in [3.8, 4) is 0 Å². The molecule has 0 aromatic heterocycles. The van der Waals surface area contributed by atoms with E-state index in [1.54, 1.807) is 19.2 Å². The van der Waals surface area contributed by atoms with Gasteiger partial charge >= 0.3 is 0 Å². The molecule has 0 radical (unpaired) electrons. The number of benzene rings is 1. The molecule has 0 bridgehead atoms. The van der Waals surface area contributed by atoms with Gasteiger partial charge < -0.3 is 10.1 Å². The first kappa shape index (κ1) is 17.1. The smallest absolute Gasteiger partial charge is 0.123 e. The Kier molecular flexibility index (Phi) is 9.25. The van der Waals surface area contributed by atoms with Gasteiger partial charge in [-0.1, -0.05) is 31.9 Å². The molecule has 0 aliphatic carbocycles. The maximum atomic E-state index is 13.0. The Hall–Kier alpha value is -0.930. The van der Waals surface area contributed by atoms with Gasteiger partial charge in [-0.15, -0.1) is 0 Å². The highest BCUT2D eigenvalue weighted by molar-refractivity contribution is 5.19. The van der Waals surface area contributed by atoms with Crippen LogP contribution in [0.1, 0.15) is 57.1 Å². The monoisotopic (exact) mass is 281 g/mol. The minimum atomic E-state index is -0.164. The predicted molar refractivity (Wildman–Crippen MR) is 82.4 cm³/mol. The van der Waals surface area contributed by atoms with Crippen molar-refractivity contribution in [1.82, 2.24) is 5.32 Å². The van der Waals surface area contributed by atoms with Gasteiger partial charge in [-0.2, -0.15) is 0 Å². The number of nitrogens with one attached hydrogen (secondary N) is 1. The second-order valence-electron chi connectivity index (χ2n) is 5.25. The highest BCUT2D eigenvalue weighted by Crippen LogP contribution is 2.20. The lowest BCUT2D eigenvalue weighted by Crippen LogP contribution is -2.22. The first-order valence-corrected chi connectivity index (χ1v) is 7.75. The molecule has 0 saturated carbocycles. The van der Waals surface area contributed by atoms with Crippen molar-refractivity contribution in [2.75, 3.05) is 20.3 Å². The van der Waals surface area contributed by atoms with Gasteiger partial charge in [0.15, 0.2) is 0 Å². The van der Waals surface area contributed by atoms with E-state index in [0.29, 0.717) is 6.04 Å². The van der Waals surface area contributed by atoms with Crippen LogP contribution in [0.2, 0.25) is 0 Å². The van der Waals surface area contributed by atoms with Crippen molar-refractivity contribution >= 4 is 0 Å². The molecule has 1 aromatic carbocycles. The average molecular weight is 281 g/mol. The number of hydrogen-bond donors (Lipinski definition) is 1. The Balaban J connectivity index is 2.37. The Morgan fingerprint density at radius 1 is 1.10 bits per heavy atom. The minimum Gasteiger partial charge on any atom is -0.385 e. The predicted octanol–water partition coefficient (Wildman–Crippen LogP) is 4.46. The molecular weight excluding hydrogens is 253 g/mol. The molecule has 20 heavy (non-hydrogen) atoms. The van der Waals surface area contributed by atoms with Crippen molar-refractivity contribution in [2.45, 2.75) is 51.5 Å². The standard InChI is InChI=1S/C17H28FNO/c1-3-4-8-17(15-9-11-16(18)12-10-15)19-13-6-5-7-14-20-2/h9-12,17,19H,3-8,13-14H2,1-2H3. The Morgan fingerprint density at radius 2 is 1.85 bits per heavy atom. The summed E-state index contributed by atoms with van der Waals surface area (Å²) in [7, 11) is 1.74. The largest absolute Gasteiger partial charge is 0.385 e. The van der Waals surface area contributed by atoms with E-state index < -0.39 is 0 Å². The van der Waals surface area contributed by atoms with Gasteiger partial charge in [0.1, 0.15) is 5.82 Å². The summed E-state index contributed by atoms with van der Waals surface area (Å²) >= 11 is 0. The van der Waals surface area contributed by atoms with Crippen molar-refractivity contribution in [3.63, 3.8) is 0 Å². The molecule has 0 spiro atoms. The van der Waals surface area contributed by atoms with Gasteiger partial charge in [-0.3, -0.25) is 0 Å². The van der Waals surface area contributed by atoms with E-state index in [1.807, 2.05) is 12.1 Å². The van der Waals surface area contributed by atoms with Gasteiger partial charge in [-0.05, 0) is 49.9 Å². The Morgan fingerprint density at radius 3 is 2.50 bits per heavy atom. The zero-order valence-electron chi connectivity index (χ0n) is 12.8. The highest BCUT2D eigenvalue weighted by Gasteiger charge is 2.10. The van der Waals surface area contributed by atoms with E-state index in [1.165, 1.54) is 24.8 Å². The number of halogens is 1. The summed E-state index contributed by atoms with van der Waals surface area (Å²) in [5, 5.41) is 3.60. The van der Waals surface area contributed by atoms with Crippen LogP contribution in [-0.2, 0) is 4.74 Å². The highest BCUT2D eigenvalue weighted by atomic mass is 19.1. The van der Waals surface area contributed by atoms with Crippen LogP contribution in [0.25, 0.3) is 0 Å². The van der Waals surface area contributed by atoms with E-state index in [9.17, 15) is 4.39 Å². The van der Waals surface area contributed by atoms with E-state index in [0.717, 1.165) is 32.4 Å². The molecule has 0 aliphatic heterocycles. The van der Waals surface area contributed by atoms with E-state index in [2.05, 4.69) is 12.2 Å². The third kappa shape index (κ3) is 7.01. The summed E-state index contributed by atoms with van der Waals surface area (Å²) in [4.78, 5) is 0. The van der Waals surface area contributed by atoms with Crippen LogP contribution >= 0.6 is 0 Å². The van der Waals surface area contributed by atoms with Crippen LogP contribution in [0.15, 0.2) is 24.3 Å². The summed E-state index contributed by atoms with van der Waals surface area (Å²) in [5.74, 6) is -0.164. The second-order valence-corrected chi connectivity index (χ2v) is 5.25. The Bertz CT molecular complexity index is 339. The number of methoxy groups -OCH3 is 1. The molecule has 1 rings (SSSR count). The summed E-state index contributed by atoms with van der Waals surface area (Å²) in [6.07, 6.45) is 6.96. The summed E-state index contributed by atoms with van der Waals surface area (Å²) < 4.78 is 18.0. The quantitative estimate of drug-likeness (QED) is 0.604.